The average molecular weight is 303 g/mol. The van der Waals surface area contributed by atoms with Gasteiger partial charge in [0.2, 0.25) is 0 Å². The van der Waals surface area contributed by atoms with Crippen molar-refractivity contribution < 1.29 is 4.79 Å². The summed E-state index contributed by atoms with van der Waals surface area (Å²) in [4.78, 5) is 12.4. The number of nitriles is 1. The summed E-state index contributed by atoms with van der Waals surface area (Å²) in [6.07, 6.45) is 0. The molecule has 0 fully saturated rings. The summed E-state index contributed by atoms with van der Waals surface area (Å²) in [6, 6.07) is 20.0. The number of benzene rings is 2. The van der Waals surface area contributed by atoms with Gasteiger partial charge in [-0.2, -0.15) is 10.4 Å². The zero-order chi connectivity index (χ0) is 16.2. The number of hydrogen-bond donors (Lipinski definition) is 2. The topological polar surface area (TPSA) is 96.7 Å². The van der Waals surface area contributed by atoms with Gasteiger partial charge in [0.25, 0.3) is 5.91 Å². The van der Waals surface area contributed by atoms with Crippen LogP contribution in [0.25, 0.3) is 5.69 Å². The van der Waals surface area contributed by atoms with Crippen LogP contribution < -0.4 is 11.1 Å². The number of nitrogens with zero attached hydrogens (tertiary/aromatic N) is 3. The van der Waals surface area contributed by atoms with Crippen molar-refractivity contribution in [3.05, 3.63) is 71.9 Å². The van der Waals surface area contributed by atoms with Crippen molar-refractivity contribution in [2.75, 3.05) is 11.1 Å². The van der Waals surface area contributed by atoms with E-state index in [0.29, 0.717) is 11.4 Å². The predicted octanol–water partition coefficient (Wildman–Crippen LogP) is 2.58. The van der Waals surface area contributed by atoms with Crippen LogP contribution in [-0.2, 0) is 0 Å². The maximum absolute atomic E-state index is 12.4. The molecular weight excluding hydrogens is 290 g/mol. The summed E-state index contributed by atoms with van der Waals surface area (Å²) in [5.41, 5.74) is 7.33. The molecule has 0 aliphatic rings. The van der Waals surface area contributed by atoms with Crippen molar-refractivity contribution in [2.45, 2.75) is 0 Å². The molecule has 1 aromatic heterocycles. The third-order valence-electron chi connectivity index (χ3n) is 3.28. The SMILES string of the molecule is N#Cc1c(C(=O)Nc2ccccc2)nn(-c2ccccc2)c1N. The molecule has 1 heterocycles. The minimum Gasteiger partial charge on any atom is -0.382 e. The maximum atomic E-state index is 12.4. The van der Waals surface area contributed by atoms with Gasteiger partial charge < -0.3 is 11.1 Å². The summed E-state index contributed by atoms with van der Waals surface area (Å²) in [5.74, 6) is -0.342. The highest BCUT2D eigenvalue weighted by Crippen LogP contribution is 2.21. The van der Waals surface area contributed by atoms with Gasteiger partial charge in [-0.1, -0.05) is 36.4 Å². The number of carbonyl (C=O) groups excluding carboxylic acids is 1. The summed E-state index contributed by atoms with van der Waals surface area (Å²) in [7, 11) is 0. The zero-order valence-electron chi connectivity index (χ0n) is 12.1. The fraction of sp³-hybridized carbons (Fsp3) is 0. The molecule has 0 spiro atoms. The first-order chi connectivity index (χ1) is 11.2. The van der Waals surface area contributed by atoms with Crippen molar-refractivity contribution >= 4 is 17.4 Å². The molecule has 0 aliphatic carbocycles. The Bertz CT molecular complexity index is 879. The molecule has 0 radical (unpaired) electrons. The van der Waals surface area contributed by atoms with Crippen LogP contribution in [0.3, 0.4) is 0 Å². The van der Waals surface area contributed by atoms with Gasteiger partial charge in [0, 0.05) is 5.69 Å². The molecule has 3 aromatic rings. The van der Waals surface area contributed by atoms with E-state index < -0.39 is 5.91 Å². The molecule has 23 heavy (non-hydrogen) atoms. The smallest absolute Gasteiger partial charge is 0.277 e. The monoisotopic (exact) mass is 303 g/mol. The van der Waals surface area contributed by atoms with Crippen LogP contribution in [0.4, 0.5) is 11.5 Å². The van der Waals surface area contributed by atoms with E-state index in [4.69, 9.17) is 5.73 Å². The van der Waals surface area contributed by atoms with Gasteiger partial charge in [-0.3, -0.25) is 4.79 Å². The molecule has 1 amide bonds. The second-order valence-electron chi connectivity index (χ2n) is 4.79. The van der Waals surface area contributed by atoms with Crippen LogP contribution in [-0.4, -0.2) is 15.7 Å². The Morgan fingerprint density at radius 2 is 1.70 bits per heavy atom. The molecule has 0 saturated carbocycles. The van der Waals surface area contributed by atoms with Gasteiger partial charge in [-0.25, -0.2) is 4.68 Å². The maximum Gasteiger partial charge on any atom is 0.277 e. The summed E-state index contributed by atoms with van der Waals surface area (Å²) >= 11 is 0. The van der Waals surface area contributed by atoms with Crippen LogP contribution in [0.2, 0.25) is 0 Å². The zero-order valence-corrected chi connectivity index (χ0v) is 12.1. The standard InChI is InChI=1S/C17H13N5O/c18-11-14-15(17(23)20-12-7-3-1-4-8-12)21-22(16(14)19)13-9-5-2-6-10-13/h1-10H,19H2,(H,20,23). The number of nitrogen functional groups attached to an aromatic ring is 1. The van der Waals surface area contributed by atoms with Crippen molar-refractivity contribution in [2.24, 2.45) is 0 Å². The molecule has 0 bridgehead atoms. The van der Waals surface area contributed by atoms with E-state index in [-0.39, 0.29) is 17.1 Å². The molecule has 0 unspecified atom stereocenters. The fourth-order valence-electron chi connectivity index (χ4n) is 2.18. The Morgan fingerprint density at radius 1 is 1.09 bits per heavy atom. The van der Waals surface area contributed by atoms with Crippen LogP contribution in [0.15, 0.2) is 60.7 Å². The van der Waals surface area contributed by atoms with E-state index in [1.54, 1.807) is 36.4 Å². The largest absolute Gasteiger partial charge is 0.382 e. The first-order valence-corrected chi connectivity index (χ1v) is 6.91. The number of amides is 1. The first-order valence-electron chi connectivity index (χ1n) is 6.91. The Kier molecular flexibility index (Phi) is 3.77. The van der Waals surface area contributed by atoms with Gasteiger partial charge in [0.1, 0.15) is 17.5 Å². The quantitative estimate of drug-likeness (QED) is 0.777. The molecule has 3 rings (SSSR count). The Labute approximate surface area is 132 Å². The first kappa shape index (κ1) is 14.4. The highest BCUT2D eigenvalue weighted by molar-refractivity contribution is 6.05. The number of aromatic nitrogens is 2. The van der Waals surface area contributed by atoms with Crippen LogP contribution >= 0.6 is 0 Å². The van der Waals surface area contributed by atoms with Crippen LogP contribution in [0.5, 0.6) is 0 Å². The van der Waals surface area contributed by atoms with E-state index in [2.05, 4.69) is 10.4 Å². The van der Waals surface area contributed by atoms with Gasteiger partial charge in [-0.05, 0) is 24.3 Å². The minimum atomic E-state index is -0.478. The van der Waals surface area contributed by atoms with Crippen molar-refractivity contribution in [3.63, 3.8) is 0 Å². The number of anilines is 2. The molecule has 3 N–H and O–H groups in total. The number of para-hydroxylation sites is 2. The molecule has 112 valence electrons. The normalized spacial score (nSPS) is 10.0. The Balaban J connectivity index is 2.00. The highest BCUT2D eigenvalue weighted by Gasteiger charge is 2.22. The Morgan fingerprint density at radius 3 is 2.30 bits per heavy atom. The third-order valence-corrected chi connectivity index (χ3v) is 3.28. The van der Waals surface area contributed by atoms with Crippen LogP contribution in [0, 0.1) is 11.3 Å². The summed E-state index contributed by atoms with van der Waals surface area (Å²) in [6.45, 7) is 0. The van der Waals surface area contributed by atoms with Crippen molar-refractivity contribution in [1.29, 1.82) is 5.26 Å². The number of nitrogens with two attached hydrogens (primary N) is 1. The lowest BCUT2D eigenvalue weighted by Gasteiger charge is -2.03. The van der Waals surface area contributed by atoms with E-state index in [1.165, 1.54) is 4.68 Å². The molecule has 0 atom stereocenters. The van der Waals surface area contributed by atoms with E-state index >= 15 is 0 Å². The number of rotatable bonds is 3. The van der Waals surface area contributed by atoms with E-state index in [9.17, 15) is 10.1 Å². The molecule has 6 heteroatoms. The number of nitrogens with one attached hydrogen (secondary N) is 1. The molecule has 0 saturated heterocycles. The predicted molar refractivity (Wildman–Crippen MR) is 87.1 cm³/mol. The van der Waals surface area contributed by atoms with Gasteiger partial charge in [0.05, 0.1) is 5.69 Å². The fourth-order valence-corrected chi connectivity index (χ4v) is 2.18. The lowest BCUT2D eigenvalue weighted by Crippen LogP contribution is -2.14. The molecule has 0 aliphatic heterocycles. The Hall–Kier alpha value is -3.59. The third kappa shape index (κ3) is 2.76. The molecule has 6 nitrogen and oxygen atoms in total. The number of hydrogen-bond acceptors (Lipinski definition) is 4. The van der Waals surface area contributed by atoms with Gasteiger partial charge >= 0.3 is 0 Å². The van der Waals surface area contributed by atoms with Gasteiger partial charge in [-0.15, -0.1) is 0 Å². The lowest BCUT2D eigenvalue weighted by molar-refractivity contribution is 0.102. The molecular formula is C17H13N5O. The lowest BCUT2D eigenvalue weighted by atomic mass is 10.2. The van der Waals surface area contributed by atoms with Crippen molar-refractivity contribution in [1.82, 2.24) is 9.78 Å². The van der Waals surface area contributed by atoms with Crippen LogP contribution in [0.1, 0.15) is 16.1 Å². The summed E-state index contributed by atoms with van der Waals surface area (Å²) in [5, 5.41) is 16.2. The second-order valence-corrected chi connectivity index (χ2v) is 4.79. The summed E-state index contributed by atoms with van der Waals surface area (Å²) < 4.78 is 1.39. The average Bonchev–Trinajstić information content (AvgIpc) is 2.93. The van der Waals surface area contributed by atoms with Crippen molar-refractivity contribution in [3.8, 4) is 11.8 Å². The molecule has 2 aromatic carbocycles. The number of carbonyl (C=O) groups is 1. The van der Waals surface area contributed by atoms with E-state index in [1.807, 2.05) is 30.3 Å². The highest BCUT2D eigenvalue weighted by atomic mass is 16.2. The van der Waals surface area contributed by atoms with E-state index in [0.717, 1.165) is 0 Å². The minimum absolute atomic E-state index is 0.00212. The second kappa shape index (κ2) is 6.03. The van der Waals surface area contributed by atoms with Gasteiger partial charge in [0.15, 0.2) is 5.69 Å².